The highest BCUT2D eigenvalue weighted by atomic mass is 79.9. The van der Waals surface area contributed by atoms with Crippen LogP contribution in [0.3, 0.4) is 0 Å². The summed E-state index contributed by atoms with van der Waals surface area (Å²) in [5.74, 6) is 1.36. The van der Waals surface area contributed by atoms with Gasteiger partial charge >= 0.3 is 0 Å². The molecule has 1 rings (SSSR count). The van der Waals surface area contributed by atoms with Crippen molar-refractivity contribution in [3.8, 4) is 5.75 Å². The van der Waals surface area contributed by atoms with Crippen molar-refractivity contribution < 1.29 is 13.2 Å². The molecule has 0 saturated carbocycles. The van der Waals surface area contributed by atoms with Gasteiger partial charge in [-0.25, -0.2) is 8.42 Å². The number of ether oxygens (including phenoxy) is 1. The highest BCUT2D eigenvalue weighted by Crippen LogP contribution is 2.25. The lowest BCUT2D eigenvalue weighted by molar-refractivity contribution is 0.405. The molecule has 5 heteroatoms. The molecule has 0 saturated heterocycles. The van der Waals surface area contributed by atoms with Crippen molar-refractivity contribution in [2.45, 2.75) is 38.4 Å². The van der Waals surface area contributed by atoms with E-state index in [1.807, 2.05) is 24.3 Å². The topological polar surface area (TPSA) is 43.4 Å². The van der Waals surface area contributed by atoms with E-state index >= 15 is 0 Å². The second-order valence-corrected chi connectivity index (χ2v) is 9.77. The fourth-order valence-corrected chi connectivity index (χ4v) is 3.85. The van der Waals surface area contributed by atoms with Gasteiger partial charge in [-0.05, 0) is 51.2 Å². The molecule has 0 amide bonds. The van der Waals surface area contributed by atoms with Gasteiger partial charge in [0.15, 0.2) is 9.84 Å². The number of methoxy groups -OCH3 is 1. The molecule has 1 aromatic carbocycles. The van der Waals surface area contributed by atoms with Crippen LogP contribution in [0.5, 0.6) is 5.75 Å². The monoisotopic (exact) mass is 376 g/mol. The van der Waals surface area contributed by atoms with E-state index in [-0.39, 0.29) is 11.7 Å². The number of rotatable bonds is 7. The van der Waals surface area contributed by atoms with Crippen LogP contribution in [0.2, 0.25) is 0 Å². The first-order valence-corrected chi connectivity index (χ1v) is 9.89. The van der Waals surface area contributed by atoms with E-state index in [0.717, 1.165) is 23.1 Å². The van der Waals surface area contributed by atoms with Gasteiger partial charge in [-0.3, -0.25) is 0 Å². The minimum atomic E-state index is -3.06. The maximum absolute atomic E-state index is 12.2. The molecule has 0 aliphatic rings. The molecule has 21 heavy (non-hydrogen) atoms. The Morgan fingerprint density at radius 1 is 1.24 bits per heavy atom. The molecule has 1 unspecified atom stereocenters. The lowest BCUT2D eigenvalue weighted by Crippen LogP contribution is -2.31. The Kier molecular flexibility index (Phi) is 6.72. The van der Waals surface area contributed by atoms with E-state index in [0.29, 0.717) is 6.42 Å². The van der Waals surface area contributed by atoms with Gasteiger partial charge in [0, 0.05) is 5.33 Å². The first kappa shape index (κ1) is 18.5. The second-order valence-electron chi connectivity index (χ2n) is 6.26. The molecule has 0 bridgehead atoms. The molecule has 120 valence electrons. The Morgan fingerprint density at radius 3 is 2.38 bits per heavy atom. The summed E-state index contributed by atoms with van der Waals surface area (Å²) in [6.07, 6.45) is 1.47. The summed E-state index contributed by atoms with van der Waals surface area (Å²) in [6, 6.07) is 7.89. The maximum atomic E-state index is 12.2. The van der Waals surface area contributed by atoms with Gasteiger partial charge in [0.05, 0.1) is 17.6 Å². The average molecular weight is 377 g/mol. The molecular weight excluding hydrogens is 352 g/mol. The standard InChI is InChI=1S/C16H25BrO3S/c1-16(2,3)21(18,19)10-9-13(12-17)11-14-7-5-6-8-15(14)20-4/h5-8,13H,9-12H2,1-4H3. The Morgan fingerprint density at radius 2 is 1.86 bits per heavy atom. The first-order chi connectivity index (χ1) is 9.71. The van der Waals surface area contributed by atoms with Gasteiger partial charge in [-0.1, -0.05) is 34.1 Å². The van der Waals surface area contributed by atoms with Crippen LogP contribution in [-0.2, 0) is 16.3 Å². The second kappa shape index (κ2) is 7.63. The van der Waals surface area contributed by atoms with E-state index < -0.39 is 14.6 Å². The van der Waals surface area contributed by atoms with Crippen LogP contribution in [-0.4, -0.2) is 31.4 Å². The number of sulfone groups is 1. The third kappa shape index (κ3) is 5.29. The van der Waals surface area contributed by atoms with Crippen LogP contribution in [0.25, 0.3) is 0 Å². The predicted molar refractivity (Wildman–Crippen MR) is 92.1 cm³/mol. The number of alkyl halides is 1. The number of hydrogen-bond acceptors (Lipinski definition) is 3. The van der Waals surface area contributed by atoms with Crippen LogP contribution in [0.4, 0.5) is 0 Å². The zero-order valence-electron chi connectivity index (χ0n) is 13.2. The summed E-state index contributed by atoms with van der Waals surface area (Å²) in [4.78, 5) is 0. The summed E-state index contributed by atoms with van der Waals surface area (Å²) >= 11 is 3.50. The van der Waals surface area contributed by atoms with Gasteiger partial charge in [0.1, 0.15) is 5.75 Å². The summed E-state index contributed by atoms with van der Waals surface area (Å²) in [5.41, 5.74) is 1.12. The van der Waals surface area contributed by atoms with Crippen LogP contribution in [0, 0.1) is 5.92 Å². The summed E-state index contributed by atoms with van der Waals surface area (Å²) in [7, 11) is -1.40. The van der Waals surface area contributed by atoms with Gasteiger partial charge in [-0.2, -0.15) is 0 Å². The molecule has 1 atom stereocenters. The van der Waals surface area contributed by atoms with Crippen LogP contribution >= 0.6 is 15.9 Å². The van der Waals surface area contributed by atoms with E-state index in [9.17, 15) is 8.42 Å². The van der Waals surface area contributed by atoms with Crippen molar-refractivity contribution in [3.05, 3.63) is 29.8 Å². The highest BCUT2D eigenvalue weighted by Gasteiger charge is 2.29. The van der Waals surface area contributed by atoms with Crippen molar-refractivity contribution in [2.75, 3.05) is 18.2 Å². The maximum Gasteiger partial charge on any atom is 0.155 e. The van der Waals surface area contributed by atoms with Gasteiger partial charge < -0.3 is 4.74 Å². The van der Waals surface area contributed by atoms with Crippen LogP contribution in [0.15, 0.2) is 24.3 Å². The summed E-state index contributed by atoms with van der Waals surface area (Å²) in [5, 5.41) is 0.782. The molecule has 0 spiro atoms. The molecule has 0 radical (unpaired) electrons. The van der Waals surface area contributed by atoms with E-state index in [4.69, 9.17) is 4.74 Å². The van der Waals surface area contributed by atoms with Gasteiger partial charge in [0.25, 0.3) is 0 Å². The number of benzene rings is 1. The third-order valence-electron chi connectivity index (χ3n) is 3.65. The zero-order valence-corrected chi connectivity index (χ0v) is 15.6. The van der Waals surface area contributed by atoms with E-state index in [2.05, 4.69) is 15.9 Å². The molecule has 0 heterocycles. The lowest BCUT2D eigenvalue weighted by Gasteiger charge is -2.21. The van der Waals surface area contributed by atoms with E-state index in [1.54, 1.807) is 27.9 Å². The Labute approximate surface area is 137 Å². The molecular formula is C16H25BrO3S. The molecule has 0 aromatic heterocycles. The normalized spacial score (nSPS) is 14.0. The van der Waals surface area contributed by atoms with Gasteiger partial charge in [-0.15, -0.1) is 0 Å². The number of hydrogen-bond donors (Lipinski definition) is 0. The quantitative estimate of drug-likeness (QED) is 0.678. The van der Waals surface area contributed by atoms with Gasteiger partial charge in [0.2, 0.25) is 0 Å². The van der Waals surface area contributed by atoms with Crippen molar-refractivity contribution in [3.63, 3.8) is 0 Å². The van der Waals surface area contributed by atoms with Crippen LogP contribution in [0.1, 0.15) is 32.8 Å². The highest BCUT2D eigenvalue weighted by molar-refractivity contribution is 9.09. The average Bonchev–Trinajstić information content (AvgIpc) is 2.42. The number of para-hydroxylation sites is 1. The molecule has 0 aliphatic heterocycles. The largest absolute Gasteiger partial charge is 0.496 e. The smallest absolute Gasteiger partial charge is 0.155 e. The molecule has 1 aromatic rings. The predicted octanol–water partition coefficient (Wildman–Crippen LogP) is 3.85. The fourth-order valence-electron chi connectivity index (χ4n) is 2.04. The third-order valence-corrected chi connectivity index (χ3v) is 7.20. The van der Waals surface area contributed by atoms with Crippen molar-refractivity contribution >= 4 is 25.8 Å². The Bertz CT molecular complexity index is 547. The van der Waals surface area contributed by atoms with E-state index in [1.165, 1.54) is 0 Å². The summed E-state index contributed by atoms with van der Waals surface area (Å²) < 4.78 is 29.1. The number of halogens is 1. The van der Waals surface area contributed by atoms with Crippen molar-refractivity contribution in [2.24, 2.45) is 5.92 Å². The minimum absolute atomic E-state index is 0.224. The molecule has 0 N–H and O–H groups in total. The Hall–Kier alpha value is -0.550. The molecule has 3 nitrogen and oxygen atoms in total. The first-order valence-electron chi connectivity index (χ1n) is 7.11. The Balaban J connectivity index is 2.73. The molecule has 0 fully saturated rings. The van der Waals surface area contributed by atoms with Crippen molar-refractivity contribution in [1.29, 1.82) is 0 Å². The van der Waals surface area contributed by atoms with Crippen molar-refractivity contribution in [1.82, 2.24) is 0 Å². The lowest BCUT2D eigenvalue weighted by atomic mass is 9.98. The zero-order chi connectivity index (χ0) is 16.1. The summed E-state index contributed by atoms with van der Waals surface area (Å²) in [6.45, 7) is 5.27. The minimum Gasteiger partial charge on any atom is -0.496 e. The molecule has 0 aliphatic carbocycles. The SMILES string of the molecule is COc1ccccc1CC(CBr)CCS(=O)(=O)C(C)(C)C. The van der Waals surface area contributed by atoms with Crippen LogP contribution < -0.4 is 4.74 Å². The fraction of sp³-hybridized carbons (Fsp3) is 0.625.